The van der Waals surface area contributed by atoms with Gasteiger partial charge in [-0.3, -0.25) is 9.69 Å². The van der Waals surface area contributed by atoms with E-state index in [0.29, 0.717) is 6.54 Å². The smallest absolute Gasteiger partial charge is 0.255 e. The molecule has 0 saturated carbocycles. The average molecular weight is 311 g/mol. The Balaban J connectivity index is 1.77. The van der Waals surface area contributed by atoms with Gasteiger partial charge in [0.25, 0.3) is 5.56 Å². The van der Waals surface area contributed by atoms with Crippen LogP contribution < -0.4 is 5.56 Å². The van der Waals surface area contributed by atoms with Gasteiger partial charge in [-0.05, 0) is 37.0 Å². The molecule has 3 rings (SSSR count). The summed E-state index contributed by atoms with van der Waals surface area (Å²) in [6, 6.07) is 6.61. The van der Waals surface area contributed by atoms with Gasteiger partial charge in [0.1, 0.15) is 5.82 Å². The highest BCUT2D eigenvalue weighted by Crippen LogP contribution is 2.18. The van der Waals surface area contributed by atoms with E-state index in [0.717, 1.165) is 49.4 Å². The predicted molar refractivity (Wildman–Crippen MR) is 92.6 cm³/mol. The molecule has 4 nitrogen and oxygen atoms in total. The molecule has 1 aliphatic heterocycles. The molecule has 0 spiro atoms. The van der Waals surface area contributed by atoms with Gasteiger partial charge in [0.2, 0.25) is 0 Å². The number of fused-ring (bicyclic) bond motifs is 1. The van der Waals surface area contributed by atoms with Crippen molar-refractivity contribution >= 4 is 0 Å². The summed E-state index contributed by atoms with van der Waals surface area (Å²) in [6.07, 6.45) is 2.70. The Hall–Kier alpha value is -1.94. The lowest BCUT2D eigenvalue weighted by Gasteiger charge is -2.28. The maximum Gasteiger partial charge on any atom is 0.255 e. The van der Waals surface area contributed by atoms with Crippen molar-refractivity contribution in [2.45, 2.75) is 53.1 Å². The zero-order chi connectivity index (χ0) is 16.4. The molecule has 1 N–H and O–H groups in total. The van der Waals surface area contributed by atoms with E-state index in [-0.39, 0.29) is 5.56 Å². The van der Waals surface area contributed by atoms with E-state index in [1.165, 1.54) is 16.7 Å². The van der Waals surface area contributed by atoms with E-state index >= 15 is 0 Å². The summed E-state index contributed by atoms with van der Waals surface area (Å²) in [6.45, 7) is 8.92. The van der Waals surface area contributed by atoms with Gasteiger partial charge in [-0.15, -0.1) is 0 Å². The van der Waals surface area contributed by atoms with Crippen LogP contribution >= 0.6 is 0 Å². The van der Waals surface area contributed by atoms with Crippen LogP contribution in [0, 0.1) is 13.8 Å². The topological polar surface area (TPSA) is 49.0 Å². The van der Waals surface area contributed by atoms with Gasteiger partial charge in [-0.2, -0.15) is 0 Å². The third kappa shape index (κ3) is 3.53. The predicted octanol–water partition coefficient (Wildman–Crippen LogP) is 2.90. The van der Waals surface area contributed by atoms with Crippen LogP contribution in [0.2, 0.25) is 0 Å². The maximum atomic E-state index is 12.3. The van der Waals surface area contributed by atoms with Crippen LogP contribution in [0.15, 0.2) is 23.0 Å². The van der Waals surface area contributed by atoms with Crippen LogP contribution in [0.5, 0.6) is 0 Å². The molecule has 0 atom stereocenters. The SMILES string of the molecule is CCCc1nc2c(c(=O)[nH]1)CN(Cc1ccc(C)c(C)c1)CC2. The molecule has 1 aromatic carbocycles. The molecule has 2 heterocycles. The van der Waals surface area contributed by atoms with Gasteiger partial charge in [-0.25, -0.2) is 4.98 Å². The number of hydrogen-bond donors (Lipinski definition) is 1. The second-order valence-electron chi connectivity index (χ2n) is 6.57. The normalized spacial score (nSPS) is 14.7. The minimum atomic E-state index is 0.0447. The van der Waals surface area contributed by atoms with Crippen LogP contribution in [0.1, 0.15) is 47.1 Å². The third-order valence-corrected chi connectivity index (χ3v) is 4.66. The fraction of sp³-hybridized carbons (Fsp3) is 0.474. The molecule has 23 heavy (non-hydrogen) atoms. The largest absolute Gasteiger partial charge is 0.310 e. The molecule has 0 unspecified atom stereocenters. The minimum absolute atomic E-state index is 0.0447. The molecule has 0 amide bonds. The summed E-state index contributed by atoms with van der Waals surface area (Å²) in [5.41, 5.74) is 5.84. The molecule has 0 fully saturated rings. The van der Waals surface area contributed by atoms with Crippen LogP contribution in [0.3, 0.4) is 0 Å². The highest BCUT2D eigenvalue weighted by atomic mass is 16.1. The number of aromatic amines is 1. The molecule has 0 radical (unpaired) electrons. The lowest BCUT2D eigenvalue weighted by molar-refractivity contribution is 0.241. The second kappa shape index (κ2) is 6.67. The fourth-order valence-corrected chi connectivity index (χ4v) is 3.18. The summed E-state index contributed by atoms with van der Waals surface area (Å²) >= 11 is 0. The van der Waals surface area contributed by atoms with Gasteiger partial charge in [0, 0.05) is 32.5 Å². The van der Waals surface area contributed by atoms with Gasteiger partial charge in [-0.1, -0.05) is 25.1 Å². The lowest BCUT2D eigenvalue weighted by atomic mass is 10.0. The molecule has 4 heteroatoms. The molecule has 0 saturated heterocycles. The monoisotopic (exact) mass is 311 g/mol. The highest BCUT2D eigenvalue weighted by molar-refractivity contribution is 5.30. The minimum Gasteiger partial charge on any atom is -0.310 e. The van der Waals surface area contributed by atoms with E-state index in [1.807, 2.05) is 0 Å². The molecule has 1 aromatic heterocycles. The number of hydrogen-bond acceptors (Lipinski definition) is 3. The molecule has 0 bridgehead atoms. The molecular weight excluding hydrogens is 286 g/mol. The maximum absolute atomic E-state index is 12.3. The lowest BCUT2D eigenvalue weighted by Crippen LogP contribution is -2.35. The fourth-order valence-electron chi connectivity index (χ4n) is 3.18. The number of aryl methyl sites for hydroxylation is 3. The van der Waals surface area contributed by atoms with Crippen molar-refractivity contribution in [3.05, 3.63) is 62.3 Å². The Morgan fingerprint density at radius 3 is 2.83 bits per heavy atom. The Kier molecular flexibility index (Phi) is 4.62. The van der Waals surface area contributed by atoms with Crippen LogP contribution in [-0.2, 0) is 25.9 Å². The number of benzene rings is 1. The molecular formula is C19H25N3O. The van der Waals surface area contributed by atoms with Crippen molar-refractivity contribution in [3.63, 3.8) is 0 Å². The Morgan fingerprint density at radius 1 is 1.26 bits per heavy atom. The Bertz CT molecular complexity index is 764. The van der Waals surface area contributed by atoms with Crippen molar-refractivity contribution in [1.29, 1.82) is 0 Å². The van der Waals surface area contributed by atoms with Crippen LogP contribution in [0.4, 0.5) is 0 Å². The number of H-pyrrole nitrogens is 1. The molecule has 0 aliphatic carbocycles. The number of rotatable bonds is 4. The molecule has 1 aliphatic rings. The zero-order valence-corrected chi connectivity index (χ0v) is 14.3. The van der Waals surface area contributed by atoms with E-state index in [1.54, 1.807) is 0 Å². The van der Waals surface area contributed by atoms with Crippen LogP contribution in [0.25, 0.3) is 0 Å². The van der Waals surface area contributed by atoms with Crippen molar-refractivity contribution < 1.29 is 0 Å². The van der Waals surface area contributed by atoms with E-state index < -0.39 is 0 Å². The Morgan fingerprint density at radius 2 is 2.09 bits per heavy atom. The first kappa shape index (κ1) is 15.9. The summed E-state index contributed by atoms with van der Waals surface area (Å²) in [7, 11) is 0. The van der Waals surface area contributed by atoms with Gasteiger partial charge in [0.05, 0.1) is 11.3 Å². The summed E-state index contributed by atoms with van der Waals surface area (Å²) in [4.78, 5) is 22.3. The molecule has 122 valence electrons. The number of nitrogens with one attached hydrogen (secondary N) is 1. The summed E-state index contributed by atoms with van der Waals surface area (Å²) in [5.74, 6) is 0.832. The number of nitrogens with zero attached hydrogens (tertiary/aromatic N) is 2. The van der Waals surface area contributed by atoms with E-state index in [2.05, 4.69) is 53.8 Å². The van der Waals surface area contributed by atoms with E-state index in [9.17, 15) is 4.79 Å². The quantitative estimate of drug-likeness (QED) is 0.944. The average Bonchev–Trinajstić information content (AvgIpc) is 2.52. The first-order valence-electron chi connectivity index (χ1n) is 8.46. The second-order valence-corrected chi connectivity index (χ2v) is 6.57. The third-order valence-electron chi connectivity index (χ3n) is 4.66. The van der Waals surface area contributed by atoms with Gasteiger partial charge < -0.3 is 4.98 Å². The van der Waals surface area contributed by atoms with Gasteiger partial charge in [0.15, 0.2) is 0 Å². The first-order chi connectivity index (χ1) is 11.1. The summed E-state index contributed by atoms with van der Waals surface area (Å²) < 4.78 is 0. The standard InChI is InChI=1S/C19H25N3O/c1-4-5-18-20-17-8-9-22(12-16(17)19(23)21-18)11-15-7-6-13(2)14(3)10-15/h6-7,10H,4-5,8-9,11-12H2,1-3H3,(H,20,21,23). The molecule has 2 aromatic rings. The van der Waals surface area contributed by atoms with Crippen molar-refractivity contribution in [3.8, 4) is 0 Å². The highest BCUT2D eigenvalue weighted by Gasteiger charge is 2.21. The van der Waals surface area contributed by atoms with Crippen molar-refractivity contribution in [2.24, 2.45) is 0 Å². The van der Waals surface area contributed by atoms with Gasteiger partial charge >= 0.3 is 0 Å². The first-order valence-corrected chi connectivity index (χ1v) is 8.46. The summed E-state index contributed by atoms with van der Waals surface area (Å²) in [5, 5.41) is 0. The van der Waals surface area contributed by atoms with Crippen molar-refractivity contribution in [1.82, 2.24) is 14.9 Å². The van der Waals surface area contributed by atoms with Crippen LogP contribution in [-0.4, -0.2) is 21.4 Å². The Labute approximate surface area is 137 Å². The zero-order valence-electron chi connectivity index (χ0n) is 14.3. The van der Waals surface area contributed by atoms with E-state index in [4.69, 9.17) is 0 Å². The number of aromatic nitrogens is 2. The van der Waals surface area contributed by atoms with Crippen molar-refractivity contribution in [2.75, 3.05) is 6.54 Å².